The number of hydrogen-bond donors (Lipinski definition) is 2. The molecule has 1 heterocycles. The molecular formula is C23H31N3O5S. The van der Waals surface area contributed by atoms with E-state index in [1.165, 1.54) is 0 Å². The second-order valence-electron chi connectivity index (χ2n) is 8.32. The molecule has 8 nitrogen and oxygen atoms in total. The molecule has 1 aliphatic rings. The van der Waals surface area contributed by atoms with Crippen LogP contribution in [0.4, 0.5) is 4.79 Å². The molecule has 2 N–H and O–H groups in total. The van der Waals surface area contributed by atoms with Crippen molar-refractivity contribution in [2.45, 2.75) is 50.6 Å². The number of nitrogens with one attached hydrogen (secondary N) is 2. The lowest BCUT2D eigenvalue weighted by Gasteiger charge is -2.33. The number of hydrogen-bond acceptors (Lipinski definition) is 5. The van der Waals surface area contributed by atoms with Crippen molar-refractivity contribution in [2.75, 3.05) is 19.7 Å². The third-order valence-corrected chi connectivity index (χ3v) is 7.07. The fourth-order valence-electron chi connectivity index (χ4n) is 3.77. The molecule has 1 atom stereocenters. The van der Waals surface area contributed by atoms with Crippen LogP contribution in [0, 0.1) is 5.92 Å². The average molecular weight is 462 g/mol. The summed E-state index contributed by atoms with van der Waals surface area (Å²) < 4.78 is 33.6. The Morgan fingerprint density at radius 3 is 2.38 bits per heavy atom. The minimum atomic E-state index is -3.89. The molecular weight excluding hydrogens is 430 g/mol. The van der Waals surface area contributed by atoms with Crippen molar-refractivity contribution in [3.8, 4) is 0 Å². The predicted molar refractivity (Wildman–Crippen MR) is 123 cm³/mol. The predicted octanol–water partition coefficient (Wildman–Crippen LogP) is 2.88. The molecule has 3 rings (SSSR count). The van der Waals surface area contributed by atoms with Crippen molar-refractivity contribution in [1.82, 2.24) is 14.9 Å². The second-order valence-corrected chi connectivity index (χ2v) is 10.0. The fraction of sp³-hybridized carbons (Fsp3) is 0.478. The van der Waals surface area contributed by atoms with E-state index in [1.54, 1.807) is 43.9 Å². The van der Waals surface area contributed by atoms with E-state index in [0.29, 0.717) is 32.5 Å². The van der Waals surface area contributed by atoms with Crippen molar-refractivity contribution in [1.29, 1.82) is 0 Å². The summed E-state index contributed by atoms with van der Waals surface area (Å²) in [7, 11) is -3.89. The fourth-order valence-corrected chi connectivity index (χ4v) is 5.15. The first-order valence-corrected chi connectivity index (χ1v) is 12.4. The lowest BCUT2D eigenvalue weighted by molar-refractivity contribution is -0.124. The highest BCUT2D eigenvalue weighted by Crippen LogP contribution is 2.20. The second kappa shape index (κ2) is 10.3. The van der Waals surface area contributed by atoms with Gasteiger partial charge in [-0.3, -0.25) is 4.79 Å². The van der Waals surface area contributed by atoms with Crippen molar-refractivity contribution in [2.24, 2.45) is 5.92 Å². The molecule has 1 unspecified atom stereocenters. The van der Waals surface area contributed by atoms with Gasteiger partial charge in [0, 0.05) is 19.1 Å². The first kappa shape index (κ1) is 24.0. The van der Waals surface area contributed by atoms with Gasteiger partial charge >= 0.3 is 6.09 Å². The topological polar surface area (TPSA) is 105 Å². The Bertz CT molecular complexity index is 1060. The van der Waals surface area contributed by atoms with Crippen LogP contribution in [-0.4, -0.2) is 57.1 Å². The van der Waals surface area contributed by atoms with Gasteiger partial charge < -0.3 is 15.0 Å². The first-order valence-electron chi connectivity index (χ1n) is 10.9. The molecule has 1 saturated heterocycles. The Balaban J connectivity index is 1.65. The molecule has 32 heavy (non-hydrogen) atoms. The lowest BCUT2D eigenvalue weighted by atomic mass is 10.0. The number of piperidine rings is 1. The summed E-state index contributed by atoms with van der Waals surface area (Å²) in [5.74, 6) is -0.608. The summed E-state index contributed by atoms with van der Waals surface area (Å²) in [5, 5.41) is 4.71. The zero-order chi connectivity index (χ0) is 23.3. The zero-order valence-electron chi connectivity index (χ0n) is 18.7. The Kier molecular flexibility index (Phi) is 7.73. The van der Waals surface area contributed by atoms with E-state index in [1.807, 2.05) is 24.3 Å². The van der Waals surface area contributed by atoms with Gasteiger partial charge in [-0.15, -0.1) is 0 Å². The molecule has 2 aromatic carbocycles. The average Bonchev–Trinajstić information content (AvgIpc) is 2.77. The number of nitrogens with zero attached hydrogens (tertiary/aromatic N) is 1. The van der Waals surface area contributed by atoms with E-state index in [-0.39, 0.29) is 28.9 Å². The number of carbonyl (C=O) groups excluding carboxylic acids is 2. The smallest absolute Gasteiger partial charge is 0.409 e. The van der Waals surface area contributed by atoms with Crippen LogP contribution in [0.25, 0.3) is 10.8 Å². The van der Waals surface area contributed by atoms with E-state index in [2.05, 4.69) is 10.0 Å². The molecule has 0 aliphatic carbocycles. The van der Waals surface area contributed by atoms with Crippen LogP contribution in [0.2, 0.25) is 0 Å². The number of fused-ring (bicyclic) bond motifs is 1. The molecule has 9 heteroatoms. The van der Waals surface area contributed by atoms with Gasteiger partial charge in [-0.05, 0) is 48.6 Å². The maximum absolute atomic E-state index is 13.0. The number of amides is 2. The Morgan fingerprint density at radius 2 is 1.75 bits per heavy atom. The molecule has 2 aromatic rings. The standard InChI is InChI=1S/C23H31N3O5S/c1-4-31-23(28)26-13-11-19(12-14-26)24-22(27)21(16(2)3)25-32(29,30)20-10-9-17-7-5-6-8-18(17)15-20/h5-10,15-16,19,21,25H,4,11-14H2,1-3H3,(H,24,27). The van der Waals surface area contributed by atoms with Crippen LogP contribution in [0.15, 0.2) is 47.4 Å². The molecule has 0 spiro atoms. The normalized spacial score (nSPS) is 16.2. The monoisotopic (exact) mass is 461 g/mol. The van der Waals surface area contributed by atoms with Crippen LogP contribution in [0.1, 0.15) is 33.6 Å². The number of ether oxygens (including phenoxy) is 1. The van der Waals surface area contributed by atoms with E-state index < -0.39 is 16.1 Å². The summed E-state index contributed by atoms with van der Waals surface area (Å²) in [6.45, 7) is 6.66. The van der Waals surface area contributed by atoms with Gasteiger partial charge in [0.2, 0.25) is 15.9 Å². The van der Waals surface area contributed by atoms with Gasteiger partial charge in [-0.25, -0.2) is 13.2 Å². The van der Waals surface area contributed by atoms with E-state index >= 15 is 0 Å². The van der Waals surface area contributed by atoms with Gasteiger partial charge in [-0.2, -0.15) is 4.72 Å². The molecule has 174 valence electrons. The minimum absolute atomic E-state index is 0.123. The van der Waals surface area contributed by atoms with Gasteiger partial charge in [0.05, 0.1) is 11.5 Å². The van der Waals surface area contributed by atoms with Gasteiger partial charge in [0.25, 0.3) is 0 Å². The highest BCUT2D eigenvalue weighted by atomic mass is 32.2. The minimum Gasteiger partial charge on any atom is -0.450 e. The van der Waals surface area contributed by atoms with Gasteiger partial charge in [-0.1, -0.05) is 44.2 Å². The van der Waals surface area contributed by atoms with Gasteiger partial charge in [0.15, 0.2) is 0 Å². The number of benzene rings is 2. The van der Waals surface area contributed by atoms with Gasteiger partial charge in [0.1, 0.15) is 6.04 Å². The first-order chi connectivity index (χ1) is 15.2. The summed E-state index contributed by atoms with van der Waals surface area (Å²) in [6.07, 6.45) is 0.833. The third-order valence-electron chi connectivity index (χ3n) is 5.63. The molecule has 2 amide bonds. The summed E-state index contributed by atoms with van der Waals surface area (Å²) in [4.78, 5) is 26.5. The van der Waals surface area contributed by atoms with Crippen molar-refractivity contribution < 1.29 is 22.7 Å². The summed E-state index contributed by atoms with van der Waals surface area (Å²) in [6, 6.07) is 11.4. The number of likely N-dealkylation sites (tertiary alicyclic amines) is 1. The summed E-state index contributed by atoms with van der Waals surface area (Å²) >= 11 is 0. The van der Waals surface area contributed by atoms with E-state index in [4.69, 9.17) is 4.74 Å². The summed E-state index contributed by atoms with van der Waals surface area (Å²) in [5.41, 5.74) is 0. The molecule has 0 aromatic heterocycles. The van der Waals surface area contributed by atoms with Crippen LogP contribution < -0.4 is 10.0 Å². The van der Waals surface area contributed by atoms with Crippen LogP contribution in [0.3, 0.4) is 0 Å². The maximum Gasteiger partial charge on any atom is 0.409 e. The highest BCUT2D eigenvalue weighted by molar-refractivity contribution is 7.89. The van der Waals surface area contributed by atoms with E-state index in [9.17, 15) is 18.0 Å². The number of sulfonamides is 1. The Labute approximate surface area is 189 Å². The molecule has 0 saturated carbocycles. The largest absolute Gasteiger partial charge is 0.450 e. The Morgan fingerprint density at radius 1 is 1.09 bits per heavy atom. The van der Waals surface area contributed by atoms with Crippen LogP contribution >= 0.6 is 0 Å². The molecule has 1 aliphatic heterocycles. The number of rotatable bonds is 7. The third kappa shape index (κ3) is 5.77. The quantitative estimate of drug-likeness (QED) is 0.660. The van der Waals surface area contributed by atoms with Crippen molar-refractivity contribution in [3.05, 3.63) is 42.5 Å². The Hall–Kier alpha value is -2.65. The SMILES string of the molecule is CCOC(=O)N1CCC(NC(=O)C(NS(=O)(=O)c2ccc3ccccc3c2)C(C)C)CC1. The van der Waals surface area contributed by atoms with Crippen LogP contribution in [0.5, 0.6) is 0 Å². The van der Waals surface area contributed by atoms with Crippen molar-refractivity contribution in [3.63, 3.8) is 0 Å². The van der Waals surface area contributed by atoms with Crippen LogP contribution in [-0.2, 0) is 19.6 Å². The molecule has 1 fully saturated rings. The molecule has 0 bridgehead atoms. The number of carbonyl (C=O) groups is 2. The van der Waals surface area contributed by atoms with Crippen molar-refractivity contribution >= 4 is 32.8 Å². The maximum atomic E-state index is 13.0. The zero-order valence-corrected chi connectivity index (χ0v) is 19.5. The highest BCUT2D eigenvalue weighted by Gasteiger charge is 2.31. The lowest BCUT2D eigenvalue weighted by Crippen LogP contribution is -2.54. The molecule has 0 radical (unpaired) electrons. The van der Waals surface area contributed by atoms with E-state index in [0.717, 1.165) is 10.8 Å².